The molecule has 0 bridgehead atoms. The normalized spacial score (nSPS) is 28.9. The van der Waals surface area contributed by atoms with E-state index in [-0.39, 0.29) is 68.2 Å². The summed E-state index contributed by atoms with van der Waals surface area (Å²) in [6.45, 7) is 6.36. The molecular weight excluding hydrogens is 815 g/mol. The summed E-state index contributed by atoms with van der Waals surface area (Å²) in [7, 11) is -4.50. The van der Waals surface area contributed by atoms with E-state index in [1.54, 1.807) is 32.1 Å². The van der Waals surface area contributed by atoms with E-state index in [1.165, 1.54) is 12.3 Å². The maximum absolute atomic E-state index is 15.4. The van der Waals surface area contributed by atoms with Crippen LogP contribution in [0.1, 0.15) is 86.5 Å². The molecule has 4 amide bonds. The highest BCUT2D eigenvalue weighted by molar-refractivity contribution is 7.91. The van der Waals surface area contributed by atoms with Crippen LogP contribution in [-0.4, -0.2) is 112 Å². The van der Waals surface area contributed by atoms with Crippen LogP contribution >= 0.6 is 0 Å². The van der Waals surface area contributed by atoms with Crippen molar-refractivity contribution < 1.29 is 59.7 Å². The molecular formula is C41H53F4N5O9S. The number of halogens is 4. The lowest BCUT2D eigenvalue weighted by Gasteiger charge is -2.47. The number of allylic oxidation sites excluding steroid dienone is 1. The molecule has 3 fully saturated rings. The Labute approximate surface area is 346 Å². The monoisotopic (exact) mass is 867 g/mol. The number of hydrogen-bond acceptors (Lipinski definition) is 9. The average Bonchev–Trinajstić information content (AvgIpc) is 4.06. The van der Waals surface area contributed by atoms with Gasteiger partial charge in [-0.3, -0.25) is 24.0 Å². The second-order valence-electron chi connectivity index (χ2n) is 17.4. The number of carboxylic acid groups (broad SMARTS) is 1. The summed E-state index contributed by atoms with van der Waals surface area (Å²) in [6.07, 6.45) is 2.91. The van der Waals surface area contributed by atoms with E-state index in [9.17, 15) is 32.3 Å². The van der Waals surface area contributed by atoms with Gasteiger partial charge in [-0.25, -0.2) is 35.8 Å². The molecule has 7 atom stereocenters. The van der Waals surface area contributed by atoms with Gasteiger partial charge < -0.3 is 24.8 Å². The number of nitrogens with zero attached hydrogens (tertiary/aromatic N) is 3. The van der Waals surface area contributed by atoms with Crippen molar-refractivity contribution in [2.24, 2.45) is 17.8 Å². The average molecular weight is 868 g/mol. The molecule has 4 aliphatic rings. The van der Waals surface area contributed by atoms with Gasteiger partial charge in [-0.2, -0.15) is 0 Å². The summed E-state index contributed by atoms with van der Waals surface area (Å²) in [4.78, 5) is 62.5. The molecule has 3 N–H and O–H groups in total. The number of nitrogens with one attached hydrogen (secondary N) is 2. The number of pyridine rings is 1. The Bertz CT molecular complexity index is 2160. The summed E-state index contributed by atoms with van der Waals surface area (Å²) < 4.78 is 98.0. The van der Waals surface area contributed by atoms with Crippen molar-refractivity contribution >= 4 is 44.6 Å². The first kappa shape index (κ1) is 44.9. The quantitative estimate of drug-likeness (QED) is 0.186. The SMILES string of the molecule is CCOc1cc2ccnc(O[C@@H]3C[C@H]4C(=O)N[C@]5(C(=O)NS(=O)(=O)C6(CF)CC6)C[C@H]5/C=C\CC[C@@H](C)C[C@@H](C)[C@H](N(C(=O)O)C(C)(C)C(C)(F)F)C(=O)N4C3)c2cc1F. The summed E-state index contributed by atoms with van der Waals surface area (Å²) >= 11 is 0. The van der Waals surface area contributed by atoms with Gasteiger partial charge in [-0.05, 0) is 94.7 Å². The predicted octanol–water partition coefficient (Wildman–Crippen LogP) is 5.74. The van der Waals surface area contributed by atoms with Crippen LogP contribution in [0.4, 0.5) is 22.4 Å². The fraction of sp³-hybridized carbons (Fsp3) is 0.634. The molecule has 3 heterocycles. The van der Waals surface area contributed by atoms with E-state index in [0.29, 0.717) is 30.1 Å². The molecule has 1 saturated heterocycles. The molecule has 19 heteroatoms. The summed E-state index contributed by atoms with van der Waals surface area (Å²) in [5.74, 6) is -9.12. The maximum Gasteiger partial charge on any atom is 0.408 e. The number of fused-ring (bicyclic) bond motifs is 3. The number of sulfonamides is 1. The van der Waals surface area contributed by atoms with Crippen molar-refractivity contribution in [1.82, 2.24) is 24.8 Å². The van der Waals surface area contributed by atoms with Crippen LogP contribution in [0, 0.1) is 23.6 Å². The number of ether oxygens (including phenoxy) is 2. The van der Waals surface area contributed by atoms with Crippen LogP contribution in [-0.2, 0) is 24.4 Å². The molecule has 1 aromatic heterocycles. The van der Waals surface area contributed by atoms with Crippen molar-refractivity contribution in [3.63, 3.8) is 0 Å². The molecule has 1 aromatic carbocycles. The molecule has 0 unspecified atom stereocenters. The number of carbonyl (C=O) groups is 4. The van der Waals surface area contributed by atoms with E-state index < -0.39 is 98.1 Å². The molecule has 2 aliphatic carbocycles. The van der Waals surface area contributed by atoms with Crippen LogP contribution in [0.15, 0.2) is 36.5 Å². The second kappa shape index (κ2) is 16.3. The fourth-order valence-electron chi connectivity index (χ4n) is 8.48. The number of alkyl halides is 3. The highest BCUT2D eigenvalue weighted by Crippen LogP contribution is 2.48. The van der Waals surface area contributed by atoms with Crippen molar-refractivity contribution in [3.8, 4) is 11.6 Å². The van der Waals surface area contributed by atoms with Gasteiger partial charge in [-0.1, -0.05) is 26.0 Å². The van der Waals surface area contributed by atoms with E-state index in [1.807, 2.05) is 11.6 Å². The lowest BCUT2D eigenvalue weighted by atomic mass is 9.84. The maximum atomic E-state index is 15.4. The second-order valence-corrected chi connectivity index (χ2v) is 19.5. The van der Waals surface area contributed by atoms with Crippen LogP contribution in [0.5, 0.6) is 11.6 Å². The summed E-state index contributed by atoms with van der Waals surface area (Å²) in [5.41, 5.74) is -4.26. The van der Waals surface area contributed by atoms with E-state index in [2.05, 4.69) is 10.3 Å². The third-order valence-corrected chi connectivity index (χ3v) is 14.9. The zero-order valence-electron chi connectivity index (χ0n) is 34.5. The largest absolute Gasteiger partial charge is 0.491 e. The van der Waals surface area contributed by atoms with Gasteiger partial charge in [0.05, 0.1) is 13.2 Å². The minimum atomic E-state index is -4.50. The zero-order chi connectivity index (χ0) is 44.2. The first-order valence-corrected chi connectivity index (χ1v) is 21.7. The van der Waals surface area contributed by atoms with Gasteiger partial charge in [0.2, 0.25) is 27.7 Å². The Morgan fingerprint density at radius 2 is 1.85 bits per heavy atom. The third-order valence-electron chi connectivity index (χ3n) is 12.7. The molecule has 2 saturated carbocycles. The van der Waals surface area contributed by atoms with Crippen LogP contribution in [0.2, 0.25) is 0 Å². The number of carbonyl (C=O) groups excluding carboxylic acids is 3. The topological polar surface area (TPSA) is 185 Å². The minimum absolute atomic E-state index is 0.00706. The number of hydrogen-bond donors (Lipinski definition) is 3. The molecule has 0 spiro atoms. The highest BCUT2D eigenvalue weighted by atomic mass is 32.2. The van der Waals surface area contributed by atoms with E-state index >= 15 is 18.0 Å². The Balaban J connectivity index is 1.42. The number of benzene rings is 1. The fourth-order valence-corrected chi connectivity index (χ4v) is 9.90. The molecule has 60 heavy (non-hydrogen) atoms. The first-order chi connectivity index (χ1) is 28.0. The lowest BCUT2D eigenvalue weighted by molar-refractivity contribution is -0.156. The predicted molar refractivity (Wildman–Crippen MR) is 211 cm³/mol. The molecule has 14 nitrogen and oxygen atoms in total. The Morgan fingerprint density at radius 3 is 2.47 bits per heavy atom. The molecule has 0 radical (unpaired) electrons. The number of rotatable bonds is 11. The van der Waals surface area contributed by atoms with Crippen LogP contribution in [0.3, 0.4) is 0 Å². The Kier molecular flexibility index (Phi) is 12.2. The van der Waals surface area contributed by atoms with Crippen LogP contribution in [0.25, 0.3) is 10.8 Å². The van der Waals surface area contributed by atoms with Crippen molar-refractivity contribution in [2.45, 2.75) is 126 Å². The smallest absolute Gasteiger partial charge is 0.408 e. The van der Waals surface area contributed by atoms with Crippen LogP contribution < -0.4 is 19.5 Å². The molecule has 2 aliphatic heterocycles. The van der Waals surface area contributed by atoms with Gasteiger partial charge in [-0.15, -0.1) is 0 Å². The van der Waals surface area contributed by atoms with Gasteiger partial charge in [0.25, 0.3) is 11.8 Å². The standard InChI is InChI=1S/C41H53F4N5O9S/c1-7-58-31-17-25-12-15-46-34(28(25)19-29(31)43)59-27-18-30-33(51)47-41(36(53)48-60(56,57)40(22-42)13-14-40)20-26(41)11-9-8-10-23(2)16-24(3)32(35(52)49(30)21-27)50(37(54)55)38(4,5)39(6,44)45/h9,11-12,15,17,19,23-24,26-27,30,32H,7-8,10,13-14,16,18,20-22H2,1-6H3,(H,47,51)(H,48,53)(H,54,55)/b11-9-/t23-,24-,26-,27-,30+,32+,41-/m1/s1. The molecule has 2 aromatic rings. The first-order valence-electron chi connectivity index (χ1n) is 20.2. The van der Waals surface area contributed by atoms with Crippen molar-refractivity contribution in [2.75, 3.05) is 19.8 Å². The van der Waals surface area contributed by atoms with Gasteiger partial charge in [0.1, 0.15) is 40.7 Å². The highest BCUT2D eigenvalue weighted by Gasteiger charge is 2.64. The number of aromatic nitrogens is 1. The van der Waals surface area contributed by atoms with Gasteiger partial charge in [0, 0.05) is 30.8 Å². The summed E-state index contributed by atoms with van der Waals surface area (Å²) in [6, 6.07) is 0.971. The molecule has 330 valence electrons. The minimum Gasteiger partial charge on any atom is -0.491 e. The van der Waals surface area contributed by atoms with E-state index in [0.717, 1.165) is 24.8 Å². The van der Waals surface area contributed by atoms with E-state index in [4.69, 9.17) is 9.47 Å². The summed E-state index contributed by atoms with van der Waals surface area (Å²) in [5, 5.41) is 14.0. The molecule has 6 rings (SSSR count). The van der Waals surface area contributed by atoms with Crippen molar-refractivity contribution in [3.05, 3.63) is 42.4 Å². The van der Waals surface area contributed by atoms with Gasteiger partial charge in [0.15, 0.2) is 11.6 Å². The van der Waals surface area contributed by atoms with Gasteiger partial charge >= 0.3 is 6.09 Å². The van der Waals surface area contributed by atoms with Crippen molar-refractivity contribution in [1.29, 1.82) is 0 Å². The Hall–Kier alpha value is -4.68. The lowest BCUT2D eigenvalue weighted by Crippen LogP contribution is -2.66. The zero-order valence-corrected chi connectivity index (χ0v) is 35.3. The number of amides is 4. The Morgan fingerprint density at radius 1 is 1.15 bits per heavy atom. The third kappa shape index (κ3) is 8.34.